The van der Waals surface area contributed by atoms with Crippen molar-refractivity contribution in [2.24, 2.45) is 0 Å². The molecule has 1 aromatic heterocycles. The Morgan fingerprint density at radius 1 is 1.61 bits per heavy atom. The first kappa shape index (κ1) is 14.9. The van der Waals surface area contributed by atoms with Crippen molar-refractivity contribution in [3.63, 3.8) is 0 Å². The third kappa shape index (κ3) is 3.96. The molecule has 1 rings (SSSR count). The van der Waals surface area contributed by atoms with Crippen molar-refractivity contribution in [2.75, 3.05) is 19.9 Å². The second-order valence-corrected chi connectivity index (χ2v) is 5.21. The summed E-state index contributed by atoms with van der Waals surface area (Å²) in [6.07, 6.45) is 2.39. The molecule has 1 aromatic rings. The molecule has 1 heterocycles. The van der Waals surface area contributed by atoms with Gasteiger partial charge in [-0.15, -0.1) is 0 Å². The number of methoxy groups -OCH3 is 1. The number of likely N-dealkylation sites (N-methyl/N-ethyl adjacent to an activating group) is 1. The van der Waals surface area contributed by atoms with Gasteiger partial charge >= 0.3 is 5.97 Å². The van der Waals surface area contributed by atoms with Crippen molar-refractivity contribution in [3.05, 3.63) is 18.0 Å². The number of ether oxygens (including phenoxy) is 1. The SMILES string of the molecule is CNC(C)(CCSc1nccc(C)n1)C(=O)OC. The zero-order valence-corrected chi connectivity index (χ0v) is 12.0. The summed E-state index contributed by atoms with van der Waals surface area (Å²) in [6.45, 7) is 3.76. The Hall–Kier alpha value is -1.14. The first-order chi connectivity index (χ1) is 8.51. The monoisotopic (exact) mass is 269 g/mol. The molecule has 0 saturated heterocycles. The summed E-state index contributed by atoms with van der Waals surface area (Å²) in [5.41, 5.74) is 0.280. The Kier molecular flexibility index (Phi) is 5.55. The van der Waals surface area contributed by atoms with Crippen LogP contribution in [0.4, 0.5) is 0 Å². The Morgan fingerprint density at radius 2 is 2.33 bits per heavy atom. The number of thioether (sulfide) groups is 1. The van der Waals surface area contributed by atoms with E-state index in [-0.39, 0.29) is 5.97 Å². The smallest absolute Gasteiger partial charge is 0.325 e. The van der Waals surface area contributed by atoms with Gasteiger partial charge < -0.3 is 10.1 Å². The van der Waals surface area contributed by atoms with Crippen LogP contribution in [0.1, 0.15) is 19.0 Å². The van der Waals surface area contributed by atoms with Crippen molar-refractivity contribution < 1.29 is 9.53 Å². The van der Waals surface area contributed by atoms with Crippen LogP contribution in [0.25, 0.3) is 0 Å². The maximum absolute atomic E-state index is 11.6. The Bertz CT molecular complexity index is 414. The molecule has 0 aliphatic rings. The summed E-state index contributed by atoms with van der Waals surface area (Å²) < 4.78 is 4.79. The van der Waals surface area contributed by atoms with E-state index in [0.717, 1.165) is 16.6 Å². The molecule has 0 aliphatic heterocycles. The second kappa shape index (κ2) is 6.70. The number of carbonyl (C=O) groups is 1. The number of hydrogen-bond acceptors (Lipinski definition) is 6. The summed E-state index contributed by atoms with van der Waals surface area (Å²) >= 11 is 1.53. The lowest BCUT2D eigenvalue weighted by Gasteiger charge is -2.25. The molecule has 6 heteroatoms. The minimum Gasteiger partial charge on any atom is -0.468 e. The van der Waals surface area contributed by atoms with E-state index < -0.39 is 5.54 Å². The maximum Gasteiger partial charge on any atom is 0.325 e. The van der Waals surface area contributed by atoms with Gasteiger partial charge in [-0.3, -0.25) is 4.79 Å². The molecular weight excluding hydrogens is 250 g/mol. The van der Waals surface area contributed by atoms with Gasteiger partial charge in [-0.25, -0.2) is 9.97 Å². The van der Waals surface area contributed by atoms with Gasteiger partial charge in [-0.2, -0.15) is 0 Å². The van der Waals surface area contributed by atoms with Gasteiger partial charge in [0.1, 0.15) is 5.54 Å². The third-order valence-electron chi connectivity index (χ3n) is 2.79. The fourth-order valence-corrected chi connectivity index (χ4v) is 2.43. The fraction of sp³-hybridized carbons (Fsp3) is 0.583. The summed E-state index contributed by atoms with van der Waals surface area (Å²) in [4.78, 5) is 20.1. The number of aromatic nitrogens is 2. The highest BCUT2D eigenvalue weighted by Gasteiger charge is 2.31. The summed E-state index contributed by atoms with van der Waals surface area (Å²) in [5, 5.41) is 3.73. The van der Waals surface area contributed by atoms with E-state index in [4.69, 9.17) is 4.74 Å². The van der Waals surface area contributed by atoms with Gasteiger partial charge in [-0.1, -0.05) is 11.8 Å². The van der Waals surface area contributed by atoms with Crippen LogP contribution in [0.2, 0.25) is 0 Å². The molecule has 0 aliphatic carbocycles. The van der Waals surface area contributed by atoms with Gasteiger partial charge in [0.2, 0.25) is 0 Å². The van der Waals surface area contributed by atoms with Crippen LogP contribution in [-0.4, -0.2) is 41.4 Å². The minimum atomic E-state index is -0.661. The second-order valence-electron chi connectivity index (χ2n) is 4.15. The quantitative estimate of drug-likeness (QED) is 0.479. The van der Waals surface area contributed by atoms with Crippen LogP contribution in [0, 0.1) is 6.92 Å². The number of carbonyl (C=O) groups excluding carboxylic acids is 1. The van der Waals surface area contributed by atoms with Crippen LogP contribution in [-0.2, 0) is 9.53 Å². The average molecular weight is 269 g/mol. The number of hydrogen-bond donors (Lipinski definition) is 1. The Labute approximate surface area is 112 Å². The minimum absolute atomic E-state index is 0.254. The maximum atomic E-state index is 11.6. The summed E-state index contributed by atoms with van der Waals surface area (Å²) in [6, 6.07) is 1.86. The van der Waals surface area contributed by atoms with Crippen LogP contribution >= 0.6 is 11.8 Å². The van der Waals surface area contributed by atoms with Crippen molar-refractivity contribution >= 4 is 17.7 Å². The molecule has 18 heavy (non-hydrogen) atoms. The molecule has 0 spiro atoms. The molecule has 0 amide bonds. The van der Waals surface area contributed by atoms with Crippen molar-refractivity contribution in [1.29, 1.82) is 0 Å². The van der Waals surface area contributed by atoms with Gasteiger partial charge in [0.25, 0.3) is 0 Å². The molecule has 0 saturated carbocycles. The van der Waals surface area contributed by atoms with Crippen molar-refractivity contribution in [3.8, 4) is 0 Å². The molecule has 100 valence electrons. The lowest BCUT2D eigenvalue weighted by molar-refractivity contribution is -0.147. The fourth-order valence-electron chi connectivity index (χ4n) is 1.40. The predicted octanol–water partition coefficient (Wildman–Crippen LogP) is 1.42. The topological polar surface area (TPSA) is 64.1 Å². The van der Waals surface area contributed by atoms with Crippen molar-refractivity contribution in [2.45, 2.75) is 31.0 Å². The van der Waals surface area contributed by atoms with E-state index in [1.54, 1.807) is 13.2 Å². The summed E-state index contributed by atoms with van der Waals surface area (Å²) in [7, 11) is 3.15. The number of aryl methyl sites for hydroxylation is 1. The van der Waals surface area contributed by atoms with E-state index in [9.17, 15) is 4.79 Å². The molecule has 5 nitrogen and oxygen atoms in total. The molecule has 0 bridgehead atoms. The molecule has 0 radical (unpaired) electrons. The largest absolute Gasteiger partial charge is 0.468 e. The first-order valence-electron chi connectivity index (χ1n) is 5.71. The van der Waals surface area contributed by atoms with E-state index in [0.29, 0.717) is 6.42 Å². The van der Waals surface area contributed by atoms with E-state index in [2.05, 4.69) is 15.3 Å². The molecule has 1 atom stereocenters. The number of esters is 1. The molecule has 1 N–H and O–H groups in total. The zero-order chi connectivity index (χ0) is 13.6. The Morgan fingerprint density at radius 3 is 2.89 bits per heavy atom. The predicted molar refractivity (Wildman–Crippen MR) is 71.6 cm³/mol. The first-order valence-corrected chi connectivity index (χ1v) is 6.70. The van der Waals surface area contributed by atoms with E-state index in [1.807, 2.05) is 19.9 Å². The average Bonchev–Trinajstić information content (AvgIpc) is 2.37. The normalized spacial score (nSPS) is 14.0. The number of nitrogens with one attached hydrogen (secondary N) is 1. The Balaban J connectivity index is 2.52. The van der Waals surface area contributed by atoms with Crippen LogP contribution < -0.4 is 5.32 Å². The number of rotatable bonds is 6. The van der Waals surface area contributed by atoms with Gasteiger partial charge in [0.15, 0.2) is 5.16 Å². The highest BCUT2D eigenvalue weighted by Crippen LogP contribution is 2.19. The summed E-state index contributed by atoms with van der Waals surface area (Å²) in [5.74, 6) is 0.492. The third-order valence-corrected chi connectivity index (χ3v) is 3.66. The highest BCUT2D eigenvalue weighted by molar-refractivity contribution is 7.99. The van der Waals surface area contributed by atoms with Crippen LogP contribution in [0.5, 0.6) is 0 Å². The van der Waals surface area contributed by atoms with E-state index >= 15 is 0 Å². The van der Waals surface area contributed by atoms with Crippen LogP contribution in [0.15, 0.2) is 17.4 Å². The molecule has 0 fully saturated rings. The zero-order valence-electron chi connectivity index (χ0n) is 11.2. The molecule has 1 unspecified atom stereocenters. The molecule has 0 aromatic carbocycles. The highest BCUT2D eigenvalue weighted by atomic mass is 32.2. The number of nitrogens with zero attached hydrogens (tertiary/aromatic N) is 2. The van der Waals surface area contributed by atoms with Gasteiger partial charge in [-0.05, 0) is 33.4 Å². The van der Waals surface area contributed by atoms with E-state index in [1.165, 1.54) is 18.9 Å². The lowest BCUT2D eigenvalue weighted by Crippen LogP contribution is -2.48. The van der Waals surface area contributed by atoms with Gasteiger partial charge in [0, 0.05) is 17.6 Å². The lowest BCUT2D eigenvalue weighted by atomic mass is 10.00. The van der Waals surface area contributed by atoms with Crippen molar-refractivity contribution in [1.82, 2.24) is 15.3 Å². The van der Waals surface area contributed by atoms with Crippen LogP contribution in [0.3, 0.4) is 0 Å². The standard InChI is InChI=1S/C12H19N3O2S/c1-9-5-7-14-11(15-9)18-8-6-12(2,13-3)10(16)17-4/h5,7,13H,6,8H2,1-4H3. The molecular formula is C12H19N3O2S. The van der Waals surface area contributed by atoms with Gasteiger partial charge in [0.05, 0.1) is 7.11 Å².